The second-order valence-electron chi connectivity index (χ2n) is 20.3. The molecule has 7 rings (SSSR count). The van der Waals surface area contributed by atoms with E-state index in [0.717, 1.165) is 38.5 Å². The highest BCUT2D eigenvalue weighted by Gasteiger charge is 2.69. The van der Waals surface area contributed by atoms with Gasteiger partial charge < -0.3 is 64.9 Å². The zero-order chi connectivity index (χ0) is 40.3. The van der Waals surface area contributed by atoms with Gasteiger partial charge in [-0.1, -0.05) is 59.3 Å². The van der Waals surface area contributed by atoms with Gasteiger partial charge in [0.2, 0.25) is 0 Å². The van der Waals surface area contributed by atoms with Gasteiger partial charge in [-0.2, -0.15) is 0 Å². The normalized spacial score (nSPS) is 54.9. The lowest BCUT2D eigenvalue weighted by Gasteiger charge is -2.70. The van der Waals surface area contributed by atoms with Gasteiger partial charge in [-0.15, -0.1) is 0 Å². The molecule has 0 aromatic heterocycles. The Kier molecular flexibility index (Phi) is 11.0. The summed E-state index contributed by atoms with van der Waals surface area (Å²) >= 11 is 0. The summed E-state index contributed by atoms with van der Waals surface area (Å²) in [6.45, 7) is 14.4. The van der Waals surface area contributed by atoms with E-state index in [0.29, 0.717) is 12.8 Å². The van der Waals surface area contributed by atoms with E-state index in [2.05, 4.69) is 46.8 Å². The van der Waals surface area contributed by atoms with Crippen LogP contribution in [-0.4, -0.2) is 139 Å². The highest BCUT2D eigenvalue weighted by atomic mass is 16.7. The molecule has 0 aromatic carbocycles. The molecule has 0 spiro atoms. The van der Waals surface area contributed by atoms with Crippen molar-refractivity contribution in [2.45, 2.75) is 173 Å². The van der Waals surface area contributed by atoms with Gasteiger partial charge in [0.05, 0.1) is 38.1 Å². The third kappa shape index (κ3) is 6.12. The van der Waals surface area contributed by atoms with Crippen LogP contribution in [-0.2, 0) is 18.9 Å². The van der Waals surface area contributed by atoms with Crippen LogP contribution in [0.5, 0.6) is 0 Å². The summed E-state index contributed by atoms with van der Waals surface area (Å²) in [7, 11) is 0. The zero-order valence-electron chi connectivity index (χ0n) is 33.7. The Bertz CT molecular complexity index is 1500. The minimum absolute atomic E-state index is 0.0212. The molecule has 13 heteroatoms. The Morgan fingerprint density at radius 2 is 1.44 bits per heavy atom. The first kappa shape index (κ1) is 42.1. The molecule has 0 radical (unpaired) electrons. The van der Waals surface area contributed by atoms with E-state index in [1.807, 2.05) is 6.92 Å². The van der Waals surface area contributed by atoms with Crippen LogP contribution < -0.4 is 0 Å². The third-order valence-electron chi connectivity index (χ3n) is 16.8. The summed E-state index contributed by atoms with van der Waals surface area (Å²) in [4.78, 5) is 0. The lowest BCUT2D eigenvalue weighted by molar-refractivity contribution is -0.367. The number of aliphatic hydroxyl groups is 9. The maximum absolute atomic E-state index is 12.0. The summed E-state index contributed by atoms with van der Waals surface area (Å²) in [5.74, 6) is 0.154. The predicted octanol–water partition coefficient (Wildman–Crippen LogP) is 1.68. The largest absolute Gasteiger partial charge is 0.396 e. The maximum Gasteiger partial charge on any atom is 0.187 e. The molecule has 7 aliphatic rings. The smallest absolute Gasteiger partial charge is 0.187 e. The van der Waals surface area contributed by atoms with E-state index in [9.17, 15) is 46.0 Å². The van der Waals surface area contributed by atoms with Crippen LogP contribution in [0.4, 0.5) is 0 Å². The molecule has 2 aliphatic heterocycles. The number of hydrogen-bond donors (Lipinski definition) is 9. The van der Waals surface area contributed by atoms with E-state index in [-0.39, 0.29) is 46.7 Å². The minimum Gasteiger partial charge on any atom is -0.396 e. The molecular formula is C42H68O13. The van der Waals surface area contributed by atoms with Crippen LogP contribution in [0, 0.1) is 44.3 Å². The topological polar surface area (TPSA) is 219 Å². The summed E-state index contributed by atoms with van der Waals surface area (Å²) in [5.41, 5.74) is 0.476. The first-order valence-corrected chi connectivity index (χ1v) is 20.6. The first-order chi connectivity index (χ1) is 25.7. The average molecular weight is 781 g/mol. The van der Waals surface area contributed by atoms with Crippen molar-refractivity contribution in [1.29, 1.82) is 0 Å². The van der Waals surface area contributed by atoms with Crippen molar-refractivity contribution in [2.24, 2.45) is 44.3 Å². The molecule has 13 nitrogen and oxygen atoms in total. The predicted molar refractivity (Wildman–Crippen MR) is 199 cm³/mol. The SMILES string of the molecule is C[C@H]1O[C@@H](O[C@H]2CCC3(C)C(CCC4(C)C3C=CC3=C5CC(C)(C)CCC5(CO)C(O)CC34C)C2(C)CO)[C@H](O)[C@@H](O[C@@H]2O[C@H](CO)[C@@H](O)[C@H](O)[C@H]2O)[C@H]1O. The van der Waals surface area contributed by atoms with Gasteiger partial charge in [-0.3, -0.25) is 0 Å². The minimum atomic E-state index is -1.73. The number of aliphatic hydroxyl groups excluding tert-OH is 9. The monoisotopic (exact) mass is 780 g/mol. The van der Waals surface area contributed by atoms with Crippen LogP contribution in [0.2, 0.25) is 0 Å². The highest BCUT2D eigenvalue weighted by Crippen LogP contribution is 2.74. The number of fused-ring (bicyclic) bond motifs is 6. The van der Waals surface area contributed by atoms with Crippen LogP contribution in [0.3, 0.4) is 0 Å². The molecule has 8 unspecified atom stereocenters. The fraction of sp³-hybridized carbons (Fsp3) is 0.905. The van der Waals surface area contributed by atoms with E-state index < -0.39 is 91.1 Å². The second-order valence-corrected chi connectivity index (χ2v) is 20.3. The van der Waals surface area contributed by atoms with Gasteiger partial charge >= 0.3 is 0 Å². The van der Waals surface area contributed by atoms with Crippen molar-refractivity contribution >= 4 is 0 Å². The Hall–Kier alpha value is -1.04. The number of ether oxygens (including phenoxy) is 4. The summed E-state index contributed by atoms with van der Waals surface area (Å²) in [5, 5.41) is 97.6. The number of rotatable bonds is 7. The van der Waals surface area contributed by atoms with Gasteiger partial charge in [-0.25, -0.2) is 0 Å². The third-order valence-corrected chi connectivity index (χ3v) is 16.8. The van der Waals surface area contributed by atoms with Crippen molar-refractivity contribution in [2.75, 3.05) is 19.8 Å². The summed E-state index contributed by atoms with van der Waals surface area (Å²) in [6, 6.07) is 0. The summed E-state index contributed by atoms with van der Waals surface area (Å²) in [6.07, 6.45) is -4.63. The maximum atomic E-state index is 12.0. The van der Waals surface area contributed by atoms with E-state index in [4.69, 9.17) is 18.9 Å². The van der Waals surface area contributed by atoms with Crippen molar-refractivity contribution in [3.63, 3.8) is 0 Å². The van der Waals surface area contributed by atoms with Crippen LogP contribution in [0.1, 0.15) is 99.8 Å². The molecule has 0 bridgehead atoms. The lowest BCUT2D eigenvalue weighted by atomic mass is 9.35. The fourth-order valence-corrected chi connectivity index (χ4v) is 13.0. The van der Waals surface area contributed by atoms with Gasteiger partial charge in [0.15, 0.2) is 12.6 Å². The molecular weight excluding hydrogens is 712 g/mol. The second kappa shape index (κ2) is 14.3. The fourth-order valence-electron chi connectivity index (χ4n) is 13.0. The van der Waals surface area contributed by atoms with Crippen LogP contribution in [0.15, 0.2) is 23.3 Å². The molecule has 314 valence electrons. The van der Waals surface area contributed by atoms with Crippen molar-refractivity contribution in [3.8, 4) is 0 Å². The average Bonchev–Trinajstić information content (AvgIpc) is 3.13. The molecule has 9 N–H and O–H groups in total. The van der Waals surface area contributed by atoms with Crippen LogP contribution >= 0.6 is 0 Å². The van der Waals surface area contributed by atoms with Gasteiger partial charge in [0.25, 0.3) is 0 Å². The Morgan fingerprint density at radius 3 is 2.09 bits per heavy atom. The zero-order valence-corrected chi connectivity index (χ0v) is 33.7. The van der Waals surface area contributed by atoms with Crippen LogP contribution in [0.25, 0.3) is 0 Å². The van der Waals surface area contributed by atoms with E-state index in [1.165, 1.54) is 11.1 Å². The molecule has 2 heterocycles. The Labute approximate surface area is 325 Å². The Balaban J connectivity index is 1.15. The molecule has 19 atom stereocenters. The lowest BCUT2D eigenvalue weighted by Crippen LogP contribution is -2.67. The molecule has 2 saturated heterocycles. The number of allylic oxidation sites excluding steroid dienone is 3. The summed E-state index contributed by atoms with van der Waals surface area (Å²) < 4.78 is 24.0. The van der Waals surface area contributed by atoms with Gasteiger partial charge in [-0.05, 0) is 91.9 Å². The molecule has 3 saturated carbocycles. The van der Waals surface area contributed by atoms with Crippen molar-refractivity contribution < 1.29 is 64.9 Å². The molecule has 0 aromatic rings. The molecule has 5 aliphatic carbocycles. The highest BCUT2D eigenvalue weighted by molar-refractivity contribution is 5.47. The molecule has 5 fully saturated rings. The number of hydrogen-bond acceptors (Lipinski definition) is 13. The molecule has 55 heavy (non-hydrogen) atoms. The Morgan fingerprint density at radius 1 is 0.745 bits per heavy atom. The van der Waals surface area contributed by atoms with Gasteiger partial charge in [0, 0.05) is 16.2 Å². The van der Waals surface area contributed by atoms with Crippen molar-refractivity contribution in [1.82, 2.24) is 0 Å². The van der Waals surface area contributed by atoms with Crippen molar-refractivity contribution in [3.05, 3.63) is 23.3 Å². The van der Waals surface area contributed by atoms with E-state index >= 15 is 0 Å². The van der Waals surface area contributed by atoms with Gasteiger partial charge in [0.1, 0.15) is 42.7 Å². The molecule has 0 amide bonds. The first-order valence-electron chi connectivity index (χ1n) is 20.6. The quantitative estimate of drug-likeness (QED) is 0.168. The van der Waals surface area contributed by atoms with E-state index in [1.54, 1.807) is 6.92 Å². The standard InChI is InChI=1S/C42H68O13/c1-21-29(47)34(55-35-32(50)31(49)30(48)24(18-43)53-35)33(51)36(52-21)54-28-11-12-38(4)25(39(28,5)19-44)10-13-40(6)26(38)9-8-22-23-16-37(2,3)14-15-42(23,20-45)27(46)17-41(22,40)7/h8-9,21,24-36,43-51H,10-20H2,1-7H3/t21-,24-,25?,26?,27?,28+,29+,30-,31+,32-,33-,34+,35+,36+,38?,39?,40?,41?,42?/m1/s1.